The fourth-order valence-electron chi connectivity index (χ4n) is 1.63. The summed E-state index contributed by atoms with van der Waals surface area (Å²) in [6.45, 7) is -0.00118. The zero-order valence-electron chi connectivity index (χ0n) is 10.8. The predicted molar refractivity (Wildman–Crippen MR) is 77.2 cm³/mol. The molecule has 0 aliphatic heterocycles. The Kier molecular flexibility index (Phi) is 4.87. The highest BCUT2D eigenvalue weighted by atomic mass is 16.2. The van der Waals surface area contributed by atoms with Crippen LogP contribution in [0.1, 0.15) is 22.3 Å². The van der Waals surface area contributed by atoms with Crippen LogP contribution in [-0.4, -0.2) is 22.6 Å². The fraction of sp³-hybridized carbons (Fsp3) is 0.125. The lowest BCUT2D eigenvalue weighted by Crippen LogP contribution is -2.13. The molecule has 1 amide bonds. The van der Waals surface area contributed by atoms with Crippen molar-refractivity contribution < 1.29 is 9.90 Å². The van der Waals surface area contributed by atoms with Gasteiger partial charge in [0.25, 0.3) is 5.91 Å². The first kappa shape index (κ1) is 13.8. The number of aliphatic hydroxyl groups is 1. The van der Waals surface area contributed by atoms with Gasteiger partial charge in [0, 0.05) is 24.5 Å². The molecule has 0 saturated carbocycles. The molecule has 2 N–H and O–H groups in total. The quantitative estimate of drug-likeness (QED) is 0.836. The van der Waals surface area contributed by atoms with Gasteiger partial charge in [-0.1, -0.05) is 30.0 Å². The van der Waals surface area contributed by atoms with Gasteiger partial charge in [0.1, 0.15) is 0 Å². The number of rotatable bonds is 3. The number of nitrogens with one attached hydrogen (secondary N) is 1. The molecule has 100 valence electrons. The van der Waals surface area contributed by atoms with Crippen LogP contribution < -0.4 is 5.32 Å². The molecule has 0 aliphatic carbocycles. The highest BCUT2D eigenvalue weighted by Crippen LogP contribution is 2.11. The number of amides is 1. The summed E-state index contributed by atoms with van der Waals surface area (Å²) in [6.07, 6.45) is 3.47. The van der Waals surface area contributed by atoms with Gasteiger partial charge in [-0.05, 0) is 18.2 Å². The lowest BCUT2D eigenvalue weighted by Gasteiger charge is -2.06. The molecule has 0 atom stereocenters. The van der Waals surface area contributed by atoms with Crippen LogP contribution in [0.3, 0.4) is 0 Å². The van der Waals surface area contributed by atoms with Crippen molar-refractivity contribution in [3.8, 4) is 11.8 Å². The number of hydrogen-bond donors (Lipinski definition) is 2. The van der Waals surface area contributed by atoms with E-state index in [0.717, 1.165) is 5.69 Å². The zero-order valence-corrected chi connectivity index (χ0v) is 10.8. The van der Waals surface area contributed by atoms with Crippen LogP contribution in [0.2, 0.25) is 0 Å². The van der Waals surface area contributed by atoms with Gasteiger partial charge in [-0.3, -0.25) is 9.78 Å². The average molecular weight is 266 g/mol. The van der Waals surface area contributed by atoms with E-state index >= 15 is 0 Å². The molecule has 4 heteroatoms. The normalized spacial score (nSPS) is 9.45. The van der Waals surface area contributed by atoms with E-state index in [9.17, 15) is 4.79 Å². The van der Waals surface area contributed by atoms with Crippen LogP contribution in [0.15, 0.2) is 48.8 Å². The summed E-state index contributed by atoms with van der Waals surface area (Å²) >= 11 is 0. The monoisotopic (exact) mass is 266 g/mol. The van der Waals surface area contributed by atoms with Gasteiger partial charge in [-0.2, -0.15) is 0 Å². The number of carbonyl (C=O) groups excluding carboxylic acids is 1. The van der Waals surface area contributed by atoms with Gasteiger partial charge < -0.3 is 10.4 Å². The van der Waals surface area contributed by atoms with E-state index in [1.165, 1.54) is 0 Å². The Hall–Kier alpha value is -2.64. The maximum atomic E-state index is 12.2. The first-order valence-corrected chi connectivity index (χ1v) is 6.21. The van der Waals surface area contributed by atoms with Crippen molar-refractivity contribution in [2.75, 3.05) is 11.9 Å². The predicted octanol–water partition coefficient (Wildman–Crippen LogP) is 2.07. The summed E-state index contributed by atoms with van der Waals surface area (Å²) in [5.41, 5.74) is 1.74. The smallest absolute Gasteiger partial charge is 0.257 e. The third kappa shape index (κ3) is 3.67. The Morgan fingerprint density at radius 3 is 2.80 bits per heavy atom. The van der Waals surface area contributed by atoms with Crippen LogP contribution in [0.25, 0.3) is 0 Å². The van der Waals surface area contributed by atoms with E-state index in [4.69, 9.17) is 5.11 Å². The van der Waals surface area contributed by atoms with E-state index in [1.807, 2.05) is 30.3 Å². The Balaban J connectivity index is 2.20. The minimum Gasteiger partial charge on any atom is -0.395 e. The first-order chi connectivity index (χ1) is 9.81. The summed E-state index contributed by atoms with van der Waals surface area (Å²) in [4.78, 5) is 16.2. The van der Waals surface area contributed by atoms with Gasteiger partial charge in [-0.15, -0.1) is 0 Å². The van der Waals surface area contributed by atoms with Crippen molar-refractivity contribution in [2.45, 2.75) is 6.42 Å². The maximum Gasteiger partial charge on any atom is 0.257 e. The number of aromatic nitrogens is 1. The third-order valence-electron chi connectivity index (χ3n) is 2.56. The molecule has 0 unspecified atom stereocenters. The number of para-hydroxylation sites is 1. The minimum absolute atomic E-state index is 0.00118. The van der Waals surface area contributed by atoms with Crippen LogP contribution in [0, 0.1) is 11.8 Å². The van der Waals surface area contributed by atoms with Crippen molar-refractivity contribution in [2.24, 2.45) is 0 Å². The van der Waals surface area contributed by atoms with E-state index < -0.39 is 0 Å². The number of pyridine rings is 1. The fourth-order valence-corrected chi connectivity index (χ4v) is 1.63. The number of benzene rings is 1. The number of carbonyl (C=O) groups is 1. The molecule has 4 nitrogen and oxygen atoms in total. The number of nitrogens with zero attached hydrogens (tertiary/aromatic N) is 1. The Morgan fingerprint density at radius 2 is 2.05 bits per heavy atom. The SMILES string of the molecule is O=C(Nc1ccccc1)c1ccncc1C#CCCO. The molecule has 2 aromatic rings. The number of hydrogen-bond acceptors (Lipinski definition) is 3. The zero-order chi connectivity index (χ0) is 14.2. The molecular formula is C16H14N2O2. The maximum absolute atomic E-state index is 12.2. The second-order valence-electron chi connectivity index (χ2n) is 4.02. The van der Waals surface area contributed by atoms with Gasteiger partial charge >= 0.3 is 0 Å². The second kappa shape index (κ2) is 7.07. The standard InChI is InChI=1S/C16H14N2O2/c19-11-5-4-6-13-12-17-10-9-15(13)16(20)18-14-7-2-1-3-8-14/h1-3,7-10,12,19H,5,11H2,(H,18,20). The van der Waals surface area contributed by atoms with E-state index in [-0.39, 0.29) is 12.5 Å². The van der Waals surface area contributed by atoms with Crippen LogP contribution in [0.5, 0.6) is 0 Å². The van der Waals surface area contributed by atoms with Gasteiger partial charge in [0.05, 0.1) is 17.7 Å². The van der Waals surface area contributed by atoms with E-state index in [1.54, 1.807) is 18.5 Å². The molecule has 0 fully saturated rings. The molecule has 0 saturated heterocycles. The molecule has 1 heterocycles. The molecule has 2 rings (SSSR count). The number of anilines is 1. The summed E-state index contributed by atoms with van der Waals surface area (Å²) in [6, 6.07) is 10.8. The Labute approximate surface area is 117 Å². The molecule has 1 aromatic heterocycles. The molecule has 20 heavy (non-hydrogen) atoms. The molecule has 0 bridgehead atoms. The van der Waals surface area contributed by atoms with Crippen molar-refractivity contribution >= 4 is 11.6 Å². The number of aliphatic hydroxyl groups excluding tert-OH is 1. The van der Waals surface area contributed by atoms with Gasteiger partial charge in [0.15, 0.2) is 0 Å². The van der Waals surface area contributed by atoms with Crippen LogP contribution in [0.4, 0.5) is 5.69 Å². The van der Waals surface area contributed by atoms with Crippen LogP contribution in [-0.2, 0) is 0 Å². The Morgan fingerprint density at radius 1 is 1.25 bits per heavy atom. The average Bonchev–Trinajstić information content (AvgIpc) is 2.49. The lowest BCUT2D eigenvalue weighted by atomic mass is 10.1. The second-order valence-corrected chi connectivity index (χ2v) is 4.02. The van der Waals surface area contributed by atoms with Crippen LogP contribution >= 0.6 is 0 Å². The summed E-state index contributed by atoms with van der Waals surface area (Å²) < 4.78 is 0. The lowest BCUT2D eigenvalue weighted by molar-refractivity contribution is 0.102. The van der Waals surface area contributed by atoms with Crippen molar-refractivity contribution in [3.63, 3.8) is 0 Å². The highest BCUT2D eigenvalue weighted by molar-refractivity contribution is 6.05. The van der Waals surface area contributed by atoms with E-state index in [2.05, 4.69) is 22.1 Å². The topological polar surface area (TPSA) is 62.2 Å². The molecule has 0 spiro atoms. The largest absolute Gasteiger partial charge is 0.395 e. The third-order valence-corrected chi connectivity index (χ3v) is 2.56. The summed E-state index contributed by atoms with van der Waals surface area (Å²) in [5.74, 6) is 5.41. The van der Waals surface area contributed by atoms with Crippen molar-refractivity contribution in [1.82, 2.24) is 4.98 Å². The molecular weight excluding hydrogens is 252 g/mol. The summed E-state index contributed by atoms with van der Waals surface area (Å²) in [5, 5.41) is 11.5. The minimum atomic E-state index is -0.230. The van der Waals surface area contributed by atoms with Gasteiger partial charge in [0.2, 0.25) is 0 Å². The van der Waals surface area contributed by atoms with E-state index in [0.29, 0.717) is 17.5 Å². The first-order valence-electron chi connectivity index (χ1n) is 6.21. The summed E-state index contributed by atoms with van der Waals surface area (Å²) in [7, 11) is 0. The van der Waals surface area contributed by atoms with Gasteiger partial charge in [-0.25, -0.2) is 0 Å². The van der Waals surface area contributed by atoms with Crippen molar-refractivity contribution in [3.05, 3.63) is 59.9 Å². The molecule has 1 aromatic carbocycles. The highest BCUT2D eigenvalue weighted by Gasteiger charge is 2.10. The Bertz CT molecular complexity index is 642. The molecule has 0 aliphatic rings. The molecule has 0 radical (unpaired) electrons. The van der Waals surface area contributed by atoms with Crippen molar-refractivity contribution in [1.29, 1.82) is 0 Å².